The maximum atomic E-state index is 13.3. The number of benzene rings is 2. The fraction of sp³-hybridized carbons (Fsp3) is 0.344. The Kier molecular flexibility index (Phi) is 8.48. The molecule has 2 aromatic heterocycles. The second-order valence-corrected chi connectivity index (χ2v) is 11.3. The molecule has 40 heavy (non-hydrogen) atoms. The zero-order valence-electron chi connectivity index (χ0n) is 23.0. The van der Waals surface area contributed by atoms with Crippen LogP contribution in [0, 0.1) is 12.8 Å². The van der Waals surface area contributed by atoms with E-state index in [1.165, 1.54) is 11.3 Å². The lowest BCUT2D eigenvalue weighted by atomic mass is 9.85. The monoisotopic (exact) mass is 577 g/mol. The molecule has 5 rings (SSSR count). The predicted octanol–water partition coefficient (Wildman–Crippen LogP) is 7.74. The maximum absolute atomic E-state index is 13.3. The van der Waals surface area contributed by atoms with Gasteiger partial charge in [0.15, 0.2) is 5.78 Å². The largest absolute Gasteiger partial charge is 0.487 e. The van der Waals surface area contributed by atoms with Gasteiger partial charge in [0.25, 0.3) is 0 Å². The molecule has 1 aliphatic carbocycles. The fourth-order valence-corrected chi connectivity index (χ4v) is 6.03. The molecule has 6 nitrogen and oxygen atoms in total. The second-order valence-electron chi connectivity index (χ2n) is 10.5. The number of ketones is 1. The van der Waals surface area contributed by atoms with Crippen LogP contribution < -0.4 is 9.64 Å². The van der Waals surface area contributed by atoms with Crippen molar-refractivity contribution in [3.8, 4) is 5.75 Å². The van der Waals surface area contributed by atoms with Gasteiger partial charge < -0.3 is 14.2 Å². The normalized spacial score (nSPS) is 13.9. The van der Waals surface area contributed by atoms with E-state index < -0.39 is 0 Å². The summed E-state index contributed by atoms with van der Waals surface area (Å²) in [6.45, 7) is 2.05. The van der Waals surface area contributed by atoms with Gasteiger partial charge in [-0.25, -0.2) is 4.98 Å². The van der Waals surface area contributed by atoms with Crippen molar-refractivity contribution in [2.75, 3.05) is 11.9 Å². The summed E-state index contributed by atoms with van der Waals surface area (Å²) in [6, 6.07) is 16.9. The maximum Gasteiger partial charge on any atom is 0.232 e. The van der Waals surface area contributed by atoms with Crippen molar-refractivity contribution in [1.82, 2.24) is 9.55 Å². The van der Waals surface area contributed by atoms with E-state index in [9.17, 15) is 9.59 Å². The Morgan fingerprint density at radius 3 is 2.58 bits per heavy atom. The van der Waals surface area contributed by atoms with Gasteiger partial charge >= 0.3 is 0 Å². The molecule has 2 aromatic carbocycles. The fourth-order valence-electron chi connectivity index (χ4n) is 5.42. The Morgan fingerprint density at radius 2 is 1.80 bits per heavy atom. The highest BCUT2D eigenvalue weighted by molar-refractivity contribution is 6.38. The third-order valence-electron chi connectivity index (χ3n) is 7.88. The van der Waals surface area contributed by atoms with E-state index in [1.807, 2.05) is 61.0 Å². The number of carbonyl (C=O) groups is 2. The molecule has 8 heteroatoms. The zero-order chi connectivity index (χ0) is 28.4. The van der Waals surface area contributed by atoms with E-state index in [4.69, 9.17) is 27.9 Å². The molecule has 0 radical (unpaired) electrons. The number of aryl methyl sites for hydroxylation is 1. The van der Waals surface area contributed by atoms with E-state index in [0.29, 0.717) is 32.7 Å². The number of halogens is 2. The van der Waals surface area contributed by atoms with E-state index in [2.05, 4.69) is 4.98 Å². The number of rotatable bonds is 8. The summed E-state index contributed by atoms with van der Waals surface area (Å²) in [5, 5.41) is 1.78. The van der Waals surface area contributed by atoms with Crippen molar-refractivity contribution in [1.29, 1.82) is 0 Å². The van der Waals surface area contributed by atoms with Crippen LogP contribution in [-0.2, 0) is 24.9 Å². The number of hydrogen-bond acceptors (Lipinski definition) is 4. The first-order valence-electron chi connectivity index (χ1n) is 13.7. The molecular formula is C32H33Cl2N3O3. The predicted molar refractivity (Wildman–Crippen MR) is 161 cm³/mol. The minimum absolute atomic E-state index is 0.0794. The molecule has 1 saturated carbocycles. The number of aromatic nitrogens is 2. The first-order valence-corrected chi connectivity index (χ1v) is 14.4. The molecule has 1 fully saturated rings. The summed E-state index contributed by atoms with van der Waals surface area (Å²) in [7, 11) is 3.55. The van der Waals surface area contributed by atoms with Gasteiger partial charge in [-0.1, -0.05) is 60.7 Å². The Labute approximate surface area is 244 Å². The highest BCUT2D eigenvalue weighted by Gasteiger charge is 2.26. The highest BCUT2D eigenvalue weighted by Crippen LogP contribution is 2.36. The standard InChI is InChI=1S/C32H33Cl2N3O3/c1-20-12-13-21-10-7-11-28(31(21)35-20)40-19-24-25(33)15-17-26(30(24)34)37(3)29(38)18-23-14-16-27(36(23)2)32(39)22-8-5-4-6-9-22/h7,10-17,22H,4-6,8-9,18-19H2,1-3H3. The minimum Gasteiger partial charge on any atom is -0.487 e. The summed E-state index contributed by atoms with van der Waals surface area (Å²) in [4.78, 5) is 32.6. The van der Waals surface area contributed by atoms with Crippen molar-refractivity contribution in [2.45, 2.75) is 52.1 Å². The smallest absolute Gasteiger partial charge is 0.232 e. The molecule has 4 aromatic rings. The van der Waals surface area contributed by atoms with Crippen LogP contribution in [0.4, 0.5) is 5.69 Å². The van der Waals surface area contributed by atoms with E-state index >= 15 is 0 Å². The Morgan fingerprint density at radius 1 is 1.02 bits per heavy atom. The number of ether oxygens (including phenoxy) is 1. The van der Waals surface area contributed by atoms with Gasteiger partial charge in [-0.05, 0) is 56.2 Å². The second kappa shape index (κ2) is 12.0. The van der Waals surface area contributed by atoms with E-state index in [1.54, 1.807) is 19.2 Å². The van der Waals surface area contributed by atoms with Crippen LogP contribution in [0.2, 0.25) is 10.0 Å². The van der Waals surface area contributed by atoms with Crippen molar-refractivity contribution in [3.63, 3.8) is 0 Å². The van der Waals surface area contributed by atoms with Crippen LogP contribution in [0.1, 0.15) is 59.5 Å². The Balaban J connectivity index is 1.32. The molecule has 2 heterocycles. The molecule has 0 bridgehead atoms. The SMILES string of the molecule is Cc1ccc2cccc(OCc3c(Cl)ccc(N(C)C(=O)Cc4ccc(C(=O)C5CCCCC5)n4C)c3Cl)c2n1. The molecule has 0 N–H and O–H groups in total. The minimum atomic E-state index is -0.150. The molecule has 1 aliphatic rings. The summed E-state index contributed by atoms with van der Waals surface area (Å²) >= 11 is 13.3. The summed E-state index contributed by atoms with van der Waals surface area (Å²) in [6.07, 6.45) is 5.42. The van der Waals surface area contributed by atoms with Crippen LogP contribution in [0.25, 0.3) is 10.9 Å². The van der Waals surface area contributed by atoms with Crippen LogP contribution >= 0.6 is 23.2 Å². The summed E-state index contributed by atoms with van der Waals surface area (Å²) in [5.74, 6) is 0.736. The number of Topliss-reactive ketones (excluding diaryl/α,β-unsaturated/α-hetero) is 1. The van der Waals surface area contributed by atoms with E-state index in [0.717, 1.165) is 48.0 Å². The lowest BCUT2D eigenvalue weighted by molar-refractivity contribution is -0.117. The van der Waals surface area contributed by atoms with Gasteiger partial charge in [0.2, 0.25) is 5.91 Å². The van der Waals surface area contributed by atoms with Crippen molar-refractivity contribution < 1.29 is 14.3 Å². The molecule has 1 amide bonds. The van der Waals surface area contributed by atoms with Gasteiger partial charge in [-0.2, -0.15) is 0 Å². The first kappa shape index (κ1) is 28.2. The van der Waals surface area contributed by atoms with Gasteiger partial charge in [-0.15, -0.1) is 0 Å². The lowest BCUT2D eigenvalue weighted by Gasteiger charge is -2.22. The molecule has 0 atom stereocenters. The number of fused-ring (bicyclic) bond motifs is 1. The molecule has 0 aliphatic heterocycles. The Hall–Kier alpha value is -3.35. The number of para-hydroxylation sites is 1. The van der Waals surface area contributed by atoms with Gasteiger partial charge in [0.1, 0.15) is 17.9 Å². The number of likely N-dealkylation sites (N-methyl/N-ethyl adjacent to an activating group) is 1. The van der Waals surface area contributed by atoms with Crippen molar-refractivity contribution in [3.05, 3.63) is 87.3 Å². The van der Waals surface area contributed by atoms with Crippen molar-refractivity contribution in [2.24, 2.45) is 13.0 Å². The molecule has 0 spiro atoms. The number of nitrogens with zero attached hydrogens (tertiary/aromatic N) is 3. The zero-order valence-corrected chi connectivity index (χ0v) is 24.6. The van der Waals surface area contributed by atoms with Crippen molar-refractivity contribution >= 4 is 51.5 Å². The van der Waals surface area contributed by atoms with Crippen LogP contribution in [0.3, 0.4) is 0 Å². The average Bonchev–Trinajstić information content (AvgIpc) is 3.32. The molecule has 0 saturated heterocycles. The van der Waals surface area contributed by atoms with Crippen LogP contribution in [-0.4, -0.2) is 28.3 Å². The summed E-state index contributed by atoms with van der Waals surface area (Å²) in [5.41, 5.74) is 4.23. The third-order valence-corrected chi connectivity index (χ3v) is 8.66. The molecular weight excluding hydrogens is 545 g/mol. The topological polar surface area (TPSA) is 64.4 Å². The quantitative estimate of drug-likeness (QED) is 0.201. The highest BCUT2D eigenvalue weighted by atomic mass is 35.5. The molecule has 0 unspecified atom stereocenters. The first-order chi connectivity index (χ1) is 19.2. The average molecular weight is 579 g/mol. The summed E-state index contributed by atoms with van der Waals surface area (Å²) < 4.78 is 7.99. The van der Waals surface area contributed by atoms with Gasteiger partial charge in [0, 0.05) is 47.4 Å². The van der Waals surface area contributed by atoms with Gasteiger partial charge in [0.05, 0.1) is 22.8 Å². The third kappa shape index (κ3) is 5.74. The number of carbonyl (C=O) groups excluding carboxylic acids is 2. The van der Waals surface area contributed by atoms with Crippen LogP contribution in [0.15, 0.2) is 54.6 Å². The van der Waals surface area contributed by atoms with E-state index in [-0.39, 0.29) is 30.6 Å². The lowest BCUT2D eigenvalue weighted by Crippen LogP contribution is -2.29. The number of pyridine rings is 1. The number of amides is 1. The number of anilines is 1. The molecule has 208 valence electrons. The van der Waals surface area contributed by atoms with Gasteiger partial charge in [-0.3, -0.25) is 9.59 Å². The Bertz CT molecular complexity index is 1570. The van der Waals surface area contributed by atoms with Crippen LogP contribution in [0.5, 0.6) is 5.75 Å². The number of hydrogen-bond donors (Lipinski definition) is 0.